The molecule has 2 unspecified atom stereocenters. The largest absolute Gasteiger partial charge is 0.481 e. The second kappa shape index (κ2) is 7.12. The molecule has 150 valence electrons. The Morgan fingerprint density at radius 2 is 2.24 bits per heavy atom. The Hall–Kier alpha value is -3.56. The summed E-state index contributed by atoms with van der Waals surface area (Å²) in [6.45, 7) is 3.36. The Kier molecular flexibility index (Phi) is 4.30. The van der Waals surface area contributed by atoms with Gasteiger partial charge in [-0.25, -0.2) is 4.98 Å². The van der Waals surface area contributed by atoms with E-state index in [9.17, 15) is 4.79 Å². The van der Waals surface area contributed by atoms with Crippen molar-refractivity contribution >= 4 is 17.4 Å². The summed E-state index contributed by atoms with van der Waals surface area (Å²) in [4.78, 5) is 19.1. The molecule has 2 atom stereocenters. The lowest BCUT2D eigenvalue weighted by Gasteiger charge is -2.20. The number of ether oxygens (including phenoxy) is 3. The smallest absolute Gasteiger partial charge is 0.261 e. The fourth-order valence-corrected chi connectivity index (χ4v) is 3.57. The monoisotopic (exact) mass is 396 g/mol. The molecule has 3 aromatic rings. The third-order valence-corrected chi connectivity index (χ3v) is 5.06. The van der Waals surface area contributed by atoms with Gasteiger partial charge in [-0.05, 0) is 25.5 Å². The van der Waals surface area contributed by atoms with Crippen LogP contribution in [0.25, 0.3) is 5.65 Å². The molecule has 0 spiro atoms. The Balaban J connectivity index is 1.19. The quantitative estimate of drug-likeness (QED) is 0.682. The molecule has 29 heavy (non-hydrogen) atoms. The highest BCUT2D eigenvalue weighted by Crippen LogP contribution is 2.35. The maximum Gasteiger partial charge on any atom is 0.261 e. The number of anilines is 1. The topological polar surface area (TPSA) is 103 Å². The van der Waals surface area contributed by atoms with Gasteiger partial charge in [0.15, 0.2) is 23.4 Å². The molecule has 1 amide bonds. The molecular formula is C19H20N6O4. The molecule has 1 N–H and O–H groups in total. The van der Waals surface area contributed by atoms with E-state index in [1.54, 1.807) is 37.6 Å². The number of benzene rings is 1. The van der Waals surface area contributed by atoms with Gasteiger partial charge in [0, 0.05) is 37.6 Å². The molecule has 1 saturated heterocycles. The van der Waals surface area contributed by atoms with E-state index in [1.807, 2.05) is 10.6 Å². The average molecular weight is 396 g/mol. The highest BCUT2D eigenvalue weighted by atomic mass is 16.7. The summed E-state index contributed by atoms with van der Waals surface area (Å²) >= 11 is 0. The second-order valence-corrected chi connectivity index (χ2v) is 7.03. The normalized spacial score (nSPS) is 18.8. The Morgan fingerprint density at radius 1 is 1.34 bits per heavy atom. The maximum absolute atomic E-state index is 12.6. The first-order valence-electron chi connectivity index (χ1n) is 9.43. The number of hydrogen-bond donors (Lipinski definition) is 1. The number of aromatic nitrogens is 4. The highest BCUT2D eigenvalue weighted by Gasteiger charge is 2.28. The SMILES string of the molecule is CC(Oc1ccc2c(c1)OCO2)C(=O)NC1CCN(c2nccn3cnnc23)C1. The van der Waals surface area contributed by atoms with Crippen molar-refractivity contribution in [3.05, 3.63) is 36.9 Å². The van der Waals surface area contributed by atoms with Gasteiger partial charge in [0.1, 0.15) is 12.1 Å². The summed E-state index contributed by atoms with van der Waals surface area (Å²) in [6.07, 6.45) is 5.36. The molecule has 10 nitrogen and oxygen atoms in total. The summed E-state index contributed by atoms with van der Waals surface area (Å²) in [5.41, 5.74) is 0.707. The Bertz CT molecular complexity index is 1050. The van der Waals surface area contributed by atoms with Crippen molar-refractivity contribution in [2.75, 3.05) is 24.8 Å². The van der Waals surface area contributed by atoms with Crippen LogP contribution in [-0.4, -0.2) is 57.5 Å². The van der Waals surface area contributed by atoms with Gasteiger partial charge in [0.05, 0.1) is 0 Å². The van der Waals surface area contributed by atoms with E-state index in [2.05, 4.69) is 25.4 Å². The fraction of sp³-hybridized carbons (Fsp3) is 0.368. The molecule has 5 rings (SSSR count). The van der Waals surface area contributed by atoms with E-state index in [0.29, 0.717) is 29.4 Å². The third kappa shape index (κ3) is 3.37. The van der Waals surface area contributed by atoms with Crippen molar-refractivity contribution in [3.63, 3.8) is 0 Å². The van der Waals surface area contributed by atoms with Crippen LogP contribution in [0.1, 0.15) is 13.3 Å². The number of carbonyl (C=O) groups is 1. The fourth-order valence-electron chi connectivity index (χ4n) is 3.57. The van der Waals surface area contributed by atoms with Crippen LogP contribution in [0, 0.1) is 0 Å². The molecule has 1 fully saturated rings. The van der Waals surface area contributed by atoms with Crippen molar-refractivity contribution in [1.29, 1.82) is 0 Å². The second-order valence-electron chi connectivity index (χ2n) is 7.03. The summed E-state index contributed by atoms with van der Waals surface area (Å²) < 4.78 is 18.2. The van der Waals surface area contributed by atoms with E-state index < -0.39 is 6.10 Å². The molecule has 1 aromatic carbocycles. The van der Waals surface area contributed by atoms with Gasteiger partial charge in [-0.15, -0.1) is 10.2 Å². The minimum atomic E-state index is -0.637. The van der Waals surface area contributed by atoms with Crippen molar-refractivity contribution < 1.29 is 19.0 Å². The molecular weight excluding hydrogens is 376 g/mol. The van der Waals surface area contributed by atoms with Gasteiger partial charge in [0.2, 0.25) is 12.4 Å². The first kappa shape index (κ1) is 17.5. The van der Waals surface area contributed by atoms with Crippen molar-refractivity contribution in [2.24, 2.45) is 0 Å². The van der Waals surface area contributed by atoms with Crippen LogP contribution >= 0.6 is 0 Å². The standard InChI is InChI=1S/C19H20N6O4/c1-12(29-14-2-3-15-16(8-14)28-11-27-15)19(26)22-13-4-6-24(9-13)17-18-23-21-10-25(18)7-5-20-17/h2-3,5,7-8,10,12-13H,4,6,9,11H2,1H3,(H,22,26). The summed E-state index contributed by atoms with van der Waals surface area (Å²) in [5, 5.41) is 11.1. The summed E-state index contributed by atoms with van der Waals surface area (Å²) in [6, 6.07) is 5.28. The van der Waals surface area contributed by atoms with Gasteiger partial charge in [-0.3, -0.25) is 9.20 Å². The number of nitrogens with zero attached hydrogens (tertiary/aromatic N) is 5. The first-order chi connectivity index (χ1) is 14.2. The van der Waals surface area contributed by atoms with Gasteiger partial charge in [-0.2, -0.15) is 0 Å². The van der Waals surface area contributed by atoms with Gasteiger partial charge < -0.3 is 24.4 Å². The van der Waals surface area contributed by atoms with Crippen LogP contribution in [0.4, 0.5) is 5.82 Å². The zero-order valence-corrected chi connectivity index (χ0v) is 15.8. The minimum absolute atomic E-state index is 0.00952. The van der Waals surface area contributed by atoms with Gasteiger partial charge in [0.25, 0.3) is 5.91 Å². The zero-order valence-electron chi connectivity index (χ0n) is 15.8. The minimum Gasteiger partial charge on any atom is -0.481 e. The van der Waals surface area contributed by atoms with E-state index >= 15 is 0 Å². The molecule has 2 aliphatic heterocycles. The molecule has 4 heterocycles. The van der Waals surface area contributed by atoms with Gasteiger partial charge >= 0.3 is 0 Å². The van der Waals surface area contributed by atoms with E-state index in [4.69, 9.17) is 14.2 Å². The van der Waals surface area contributed by atoms with E-state index in [0.717, 1.165) is 18.8 Å². The van der Waals surface area contributed by atoms with Gasteiger partial charge in [-0.1, -0.05) is 0 Å². The summed E-state index contributed by atoms with van der Waals surface area (Å²) in [5.74, 6) is 2.47. The predicted molar refractivity (Wildman–Crippen MR) is 102 cm³/mol. The van der Waals surface area contributed by atoms with Crippen LogP contribution in [0.3, 0.4) is 0 Å². The lowest BCUT2D eigenvalue weighted by Crippen LogP contribution is -2.43. The number of hydrogen-bond acceptors (Lipinski definition) is 8. The maximum atomic E-state index is 12.6. The number of rotatable bonds is 5. The van der Waals surface area contributed by atoms with Crippen LogP contribution in [-0.2, 0) is 4.79 Å². The Labute approximate surface area is 166 Å². The van der Waals surface area contributed by atoms with Crippen LogP contribution in [0.5, 0.6) is 17.2 Å². The number of carbonyl (C=O) groups excluding carboxylic acids is 1. The lowest BCUT2D eigenvalue weighted by atomic mass is 10.2. The van der Waals surface area contributed by atoms with Crippen LogP contribution < -0.4 is 24.4 Å². The molecule has 2 aromatic heterocycles. The number of fused-ring (bicyclic) bond motifs is 2. The number of nitrogens with one attached hydrogen (secondary N) is 1. The first-order valence-corrected chi connectivity index (χ1v) is 9.43. The lowest BCUT2D eigenvalue weighted by molar-refractivity contribution is -0.127. The van der Waals surface area contributed by atoms with E-state index in [-0.39, 0.29) is 18.7 Å². The van der Waals surface area contributed by atoms with Crippen molar-refractivity contribution in [3.8, 4) is 17.2 Å². The third-order valence-electron chi connectivity index (χ3n) is 5.06. The van der Waals surface area contributed by atoms with Crippen LogP contribution in [0.15, 0.2) is 36.9 Å². The predicted octanol–water partition coefficient (Wildman–Crippen LogP) is 1.02. The highest BCUT2D eigenvalue weighted by molar-refractivity contribution is 5.81. The van der Waals surface area contributed by atoms with Crippen molar-refractivity contribution in [1.82, 2.24) is 24.9 Å². The van der Waals surface area contributed by atoms with Crippen LogP contribution in [0.2, 0.25) is 0 Å². The van der Waals surface area contributed by atoms with Crippen molar-refractivity contribution in [2.45, 2.75) is 25.5 Å². The number of amides is 1. The summed E-state index contributed by atoms with van der Waals surface area (Å²) in [7, 11) is 0. The average Bonchev–Trinajstić information content (AvgIpc) is 3.47. The molecule has 0 radical (unpaired) electrons. The molecule has 0 aliphatic carbocycles. The zero-order chi connectivity index (χ0) is 19.8. The molecule has 0 saturated carbocycles. The molecule has 0 bridgehead atoms. The molecule has 2 aliphatic rings. The van der Waals surface area contributed by atoms with E-state index in [1.165, 1.54) is 0 Å². The Morgan fingerprint density at radius 3 is 3.17 bits per heavy atom. The molecule has 10 heteroatoms.